The van der Waals surface area contributed by atoms with Crippen molar-refractivity contribution in [2.24, 2.45) is 5.92 Å². The first-order valence-corrected chi connectivity index (χ1v) is 6.89. The van der Waals surface area contributed by atoms with E-state index in [1.54, 1.807) is 12.1 Å². The van der Waals surface area contributed by atoms with E-state index in [4.69, 9.17) is 9.47 Å². The van der Waals surface area contributed by atoms with Crippen molar-refractivity contribution in [1.82, 2.24) is 5.32 Å². The van der Waals surface area contributed by atoms with Crippen LogP contribution in [0.4, 0.5) is 5.69 Å². The van der Waals surface area contributed by atoms with Gasteiger partial charge in [0.05, 0.1) is 25.8 Å². The quantitative estimate of drug-likeness (QED) is 0.814. The Morgan fingerprint density at radius 2 is 2.10 bits per heavy atom. The van der Waals surface area contributed by atoms with Gasteiger partial charge in [-0.15, -0.1) is 0 Å². The number of nitrogens with zero attached hydrogens (tertiary/aromatic N) is 1. The third-order valence-electron chi connectivity index (χ3n) is 3.57. The first-order chi connectivity index (χ1) is 10.2. The van der Waals surface area contributed by atoms with Gasteiger partial charge in [0, 0.05) is 6.54 Å². The van der Waals surface area contributed by atoms with Crippen molar-refractivity contribution in [3.63, 3.8) is 0 Å². The lowest BCUT2D eigenvalue weighted by Gasteiger charge is -2.25. The number of ether oxygens (including phenoxy) is 2. The molecule has 0 radical (unpaired) electrons. The third kappa shape index (κ3) is 3.52. The maximum atomic E-state index is 12.7. The Labute approximate surface area is 124 Å². The van der Waals surface area contributed by atoms with Gasteiger partial charge in [-0.2, -0.15) is 0 Å². The van der Waals surface area contributed by atoms with Crippen molar-refractivity contribution in [1.29, 1.82) is 0 Å². The van der Waals surface area contributed by atoms with Gasteiger partial charge in [-0.25, -0.2) is 0 Å². The highest BCUT2D eigenvalue weighted by Gasteiger charge is 2.30. The van der Waals surface area contributed by atoms with Crippen LogP contribution in [-0.4, -0.2) is 45.7 Å². The fourth-order valence-corrected chi connectivity index (χ4v) is 2.41. The van der Waals surface area contributed by atoms with E-state index in [0.29, 0.717) is 18.0 Å². The van der Waals surface area contributed by atoms with Crippen LogP contribution in [0.25, 0.3) is 0 Å². The summed E-state index contributed by atoms with van der Waals surface area (Å²) in [6, 6.07) is 7.16. The van der Waals surface area contributed by atoms with Crippen molar-refractivity contribution in [3.8, 4) is 5.75 Å². The number of carbonyl (C=O) groups is 2. The van der Waals surface area contributed by atoms with Gasteiger partial charge < -0.3 is 14.8 Å². The molecule has 0 aromatic heterocycles. The zero-order chi connectivity index (χ0) is 15.2. The molecule has 0 aliphatic carbocycles. The van der Waals surface area contributed by atoms with Crippen LogP contribution in [0.2, 0.25) is 0 Å². The van der Waals surface area contributed by atoms with Crippen LogP contribution in [0.1, 0.15) is 6.42 Å². The monoisotopic (exact) mass is 292 g/mol. The zero-order valence-corrected chi connectivity index (χ0v) is 12.3. The molecular weight excluding hydrogens is 272 g/mol. The Balaban J connectivity index is 2.30. The SMILES string of the molecule is COC(=O)CN(C(=O)[C@H]1CCNC1)c1ccccc1OC. The summed E-state index contributed by atoms with van der Waals surface area (Å²) in [6.07, 6.45) is 0.769. The molecule has 0 spiro atoms. The van der Waals surface area contributed by atoms with E-state index in [0.717, 1.165) is 13.0 Å². The first-order valence-electron chi connectivity index (χ1n) is 6.89. The molecule has 1 aliphatic rings. The second-order valence-electron chi connectivity index (χ2n) is 4.86. The maximum Gasteiger partial charge on any atom is 0.325 e. The van der Waals surface area contributed by atoms with E-state index in [-0.39, 0.29) is 18.4 Å². The van der Waals surface area contributed by atoms with E-state index < -0.39 is 5.97 Å². The van der Waals surface area contributed by atoms with Gasteiger partial charge in [0.2, 0.25) is 5.91 Å². The van der Waals surface area contributed by atoms with Crippen molar-refractivity contribution < 1.29 is 19.1 Å². The van der Waals surface area contributed by atoms with E-state index in [1.165, 1.54) is 19.1 Å². The molecule has 1 aliphatic heterocycles. The molecule has 1 atom stereocenters. The fraction of sp³-hybridized carbons (Fsp3) is 0.467. The highest BCUT2D eigenvalue weighted by Crippen LogP contribution is 2.29. The standard InChI is InChI=1S/C15H20N2O4/c1-20-13-6-4-3-5-12(13)17(10-14(18)21-2)15(19)11-7-8-16-9-11/h3-6,11,16H,7-10H2,1-2H3/t11-/m0/s1. The minimum Gasteiger partial charge on any atom is -0.495 e. The van der Waals surface area contributed by atoms with Crippen molar-refractivity contribution in [2.75, 3.05) is 38.8 Å². The summed E-state index contributed by atoms with van der Waals surface area (Å²) >= 11 is 0. The molecule has 2 rings (SSSR count). The smallest absolute Gasteiger partial charge is 0.325 e. The van der Waals surface area contributed by atoms with Crippen LogP contribution in [0.5, 0.6) is 5.75 Å². The molecule has 21 heavy (non-hydrogen) atoms. The normalized spacial score (nSPS) is 17.3. The number of hydrogen-bond donors (Lipinski definition) is 1. The summed E-state index contributed by atoms with van der Waals surface area (Å²) in [5.41, 5.74) is 0.585. The molecule has 6 heteroatoms. The second kappa shape index (κ2) is 7.08. The van der Waals surface area contributed by atoms with Crippen LogP contribution in [0.15, 0.2) is 24.3 Å². The molecule has 0 bridgehead atoms. The van der Waals surface area contributed by atoms with Crippen molar-refractivity contribution in [2.45, 2.75) is 6.42 Å². The molecule has 1 fully saturated rings. The molecule has 6 nitrogen and oxygen atoms in total. The Bertz CT molecular complexity index is 512. The molecular formula is C15H20N2O4. The summed E-state index contributed by atoms with van der Waals surface area (Å²) in [5.74, 6) is -0.115. The predicted octanol–water partition coefficient (Wildman–Crippen LogP) is 0.811. The number of benzene rings is 1. The van der Waals surface area contributed by atoms with Gasteiger partial charge in [-0.05, 0) is 25.1 Å². The van der Waals surface area contributed by atoms with Gasteiger partial charge in [0.1, 0.15) is 12.3 Å². The second-order valence-corrected chi connectivity index (χ2v) is 4.86. The van der Waals surface area contributed by atoms with Gasteiger partial charge in [0.25, 0.3) is 0 Å². The minimum absolute atomic E-state index is 0.0881. The van der Waals surface area contributed by atoms with E-state index in [2.05, 4.69) is 5.32 Å². The van der Waals surface area contributed by atoms with Crippen LogP contribution in [-0.2, 0) is 14.3 Å². The molecule has 1 aromatic rings. The first kappa shape index (κ1) is 15.3. The van der Waals surface area contributed by atoms with Crippen LogP contribution >= 0.6 is 0 Å². The number of para-hydroxylation sites is 2. The summed E-state index contributed by atoms with van der Waals surface area (Å²) in [6.45, 7) is 1.33. The van der Waals surface area contributed by atoms with Crippen molar-refractivity contribution >= 4 is 17.6 Å². The lowest BCUT2D eigenvalue weighted by atomic mass is 10.1. The molecule has 0 unspecified atom stereocenters. The van der Waals surface area contributed by atoms with Crippen molar-refractivity contribution in [3.05, 3.63) is 24.3 Å². The highest BCUT2D eigenvalue weighted by molar-refractivity contribution is 6.00. The van der Waals surface area contributed by atoms with Gasteiger partial charge in [-0.3, -0.25) is 14.5 Å². The lowest BCUT2D eigenvalue weighted by molar-refractivity contribution is -0.140. The molecule has 0 saturated carbocycles. The predicted molar refractivity (Wildman–Crippen MR) is 78.3 cm³/mol. The van der Waals surface area contributed by atoms with Crippen LogP contribution in [0.3, 0.4) is 0 Å². The lowest BCUT2D eigenvalue weighted by Crippen LogP contribution is -2.41. The number of hydrogen-bond acceptors (Lipinski definition) is 5. The third-order valence-corrected chi connectivity index (χ3v) is 3.57. The zero-order valence-electron chi connectivity index (χ0n) is 12.3. The van der Waals surface area contributed by atoms with Crippen LogP contribution < -0.4 is 15.0 Å². The van der Waals surface area contributed by atoms with E-state index >= 15 is 0 Å². The number of esters is 1. The number of carbonyl (C=O) groups excluding carboxylic acids is 2. The molecule has 1 saturated heterocycles. The Morgan fingerprint density at radius 1 is 1.33 bits per heavy atom. The largest absolute Gasteiger partial charge is 0.495 e. The molecule has 1 aromatic carbocycles. The Hall–Kier alpha value is -2.08. The van der Waals surface area contributed by atoms with Gasteiger partial charge in [0.15, 0.2) is 0 Å². The summed E-state index contributed by atoms with van der Waals surface area (Å²) in [4.78, 5) is 25.8. The number of methoxy groups -OCH3 is 2. The van der Waals surface area contributed by atoms with E-state index in [1.807, 2.05) is 12.1 Å². The topological polar surface area (TPSA) is 67.9 Å². The number of nitrogens with one attached hydrogen (secondary N) is 1. The minimum atomic E-state index is -0.458. The number of anilines is 1. The fourth-order valence-electron chi connectivity index (χ4n) is 2.41. The average molecular weight is 292 g/mol. The van der Waals surface area contributed by atoms with Gasteiger partial charge in [-0.1, -0.05) is 12.1 Å². The molecule has 114 valence electrons. The Morgan fingerprint density at radius 3 is 2.71 bits per heavy atom. The molecule has 1 amide bonds. The van der Waals surface area contributed by atoms with Gasteiger partial charge >= 0.3 is 5.97 Å². The summed E-state index contributed by atoms with van der Waals surface area (Å²) < 4.78 is 9.99. The van der Waals surface area contributed by atoms with Crippen LogP contribution in [0, 0.1) is 5.92 Å². The number of rotatable bonds is 5. The maximum absolute atomic E-state index is 12.7. The highest BCUT2D eigenvalue weighted by atomic mass is 16.5. The summed E-state index contributed by atoms with van der Waals surface area (Å²) in [7, 11) is 2.85. The summed E-state index contributed by atoms with van der Waals surface area (Å²) in [5, 5.41) is 3.16. The average Bonchev–Trinajstić information content (AvgIpc) is 3.06. The van der Waals surface area contributed by atoms with E-state index in [9.17, 15) is 9.59 Å². The molecule has 1 N–H and O–H groups in total. The number of amides is 1. The molecule has 1 heterocycles. The Kier molecular flexibility index (Phi) is 5.16.